The molecule has 7 nitrogen and oxygen atoms in total. The Kier molecular flexibility index (Phi) is 5.97. The van der Waals surface area contributed by atoms with Crippen LogP contribution in [0.1, 0.15) is 23.2 Å². The molecule has 2 N–H and O–H groups in total. The van der Waals surface area contributed by atoms with E-state index in [2.05, 4.69) is 5.32 Å². The van der Waals surface area contributed by atoms with E-state index in [4.69, 9.17) is 4.74 Å². The molecule has 0 aromatic heterocycles. The maximum Gasteiger partial charge on any atom is 0.471 e. The summed E-state index contributed by atoms with van der Waals surface area (Å²) in [7, 11) is 0. The molecule has 0 bridgehead atoms. The molecule has 2 aliphatic heterocycles. The van der Waals surface area contributed by atoms with E-state index < -0.39 is 18.1 Å². The first-order valence-corrected chi connectivity index (χ1v) is 9.08. The lowest BCUT2D eigenvalue weighted by atomic mass is 10.1. The molecular weight excluding hydrogens is 379 g/mol. The number of hydrogen-bond acceptors (Lipinski definition) is 5. The molecular formula is C18H22F3N3O4. The van der Waals surface area contributed by atoms with Gasteiger partial charge < -0.3 is 25.0 Å². The molecule has 1 aromatic carbocycles. The zero-order chi connectivity index (χ0) is 20.3. The van der Waals surface area contributed by atoms with Crippen LogP contribution in [-0.4, -0.2) is 73.5 Å². The van der Waals surface area contributed by atoms with Crippen LogP contribution in [0.3, 0.4) is 0 Å². The number of alkyl halides is 3. The highest BCUT2D eigenvalue weighted by Gasteiger charge is 2.43. The highest BCUT2D eigenvalue weighted by atomic mass is 19.4. The van der Waals surface area contributed by atoms with E-state index in [0.29, 0.717) is 24.6 Å². The summed E-state index contributed by atoms with van der Waals surface area (Å²) in [6.45, 7) is 1.61. The van der Waals surface area contributed by atoms with Gasteiger partial charge in [0.15, 0.2) is 0 Å². The Bertz CT molecular complexity index is 727. The Morgan fingerprint density at radius 1 is 1.11 bits per heavy atom. The molecule has 2 saturated heterocycles. The van der Waals surface area contributed by atoms with Gasteiger partial charge in [-0.2, -0.15) is 13.2 Å². The highest BCUT2D eigenvalue weighted by molar-refractivity contribution is 5.95. The number of aromatic carboxylic acids is 1. The maximum atomic E-state index is 12.6. The normalized spacial score (nSPS) is 18.8. The third-order valence-corrected chi connectivity index (χ3v) is 4.99. The van der Waals surface area contributed by atoms with Crippen LogP contribution in [0, 0.1) is 0 Å². The molecule has 0 aliphatic carbocycles. The molecule has 2 heterocycles. The summed E-state index contributed by atoms with van der Waals surface area (Å²) in [5, 5.41) is 12.7. The van der Waals surface area contributed by atoms with Crippen LogP contribution in [-0.2, 0) is 9.53 Å². The Balaban J connectivity index is 1.71. The van der Waals surface area contributed by atoms with Crippen molar-refractivity contribution in [1.29, 1.82) is 0 Å². The smallest absolute Gasteiger partial charge is 0.471 e. The molecule has 0 saturated carbocycles. The number of rotatable bonds is 4. The van der Waals surface area contributed by atoms with E-state index in [9.17, 15) is 27.9 Å². The molecule has 0 radical (unpaired) electrons. The van der Waals surface area contributed by atoms with Crippen molar-refractivity contribution in [3.63, 3.8) is 0 Å². The van der Waals surface area contributed by atoms with E-state index in [1.165, 1.54) is 6.07 Å². The van der Waals surface area contributed by atoms with Crippen LogP contribution in [0.15, 0.2) is 18.2 Å². The molecule has 2 fully saturated rings. The van der Waals surface area contributed by atoms with E-state index in [0.717, 1.165) is 17.7 Å². The van der Waals surface area contributed by atoms with Crippen molar-refractivity contribution in [1.82, 2.24) is 4.90 Å². The summed E-state index contributed by atoms with van der Waals surface area (Å²) in [6.07, 6.45) is -3.34. The van der Waals surface area contributed by atoms with Crippen LogP contribution in [0.4, 0.5) is 24.5 Å². The fraction of sp³-hybridized carbons (Fsp3) is 0.556. The van der Waals surface area contributed by atoms with Gasteiger partial charge in [-0.25, -0.2) is 4.79 Å². The van der Waals surface area contributed by atoms with Gasteiger partial charge in [-0.1, -0.05) is 0 Å². The lowest BCUT2D eigenvalue weighted by Crippen LogP contribution is -2.52. The number of ether oxygens (including phenoxy) is 1. The van der Waals surface area contributed by atoms with Gasteiger partial charge in [-0.15, -0.1) is 0 Å². The largest absolute Gasteiger partial charge is 0.478 e. The molecule has 1 amide bonds. The number of piperazine rings is 1. The van der Waals surface area contributed by atoms with Gasteiger partial charge in [0.25, 0.3) is 0 Å². The van der Waals surface area contributed by atoms with E-state index >= 15 is 0 Å². The molecule has 0 atom stereocenters. The van der Waals surface area contributed by atoms with Crippen LogP contribution in [0.25, 0.3) is 0 Å². The number of halogens is 3. The fourth-order valence-corrected chi connectivity index (χ4v) is 3.44. The molecule has 2 aliphatic rings. The van der Waals surface area contributed by atoms with Crippen LogP contribution >= 0.6 is 0 Å². The Hall–Kier alpha value is -2.49. The SMILES string of the molecule is O=C(O)c1ccc(N2CCN(C(=O)C(F)(F)F)CC2)cc1NC1CCOCC1. The fourth-order valence-electron chi connectivity index (χ4n) is 3.44. The predicted octanol–water partition coefficient (Wildman–Crippen LogP) is 2.19. The van der Waals surface area contributed by atoms with Crippen molar-refractivity contribution in [2.45, 2.75) is 25.1 Å². The third kappa shape index (κ3) is 4.67. The van der Waals surface area contributed by atoms with Gasteiger partial charge in [0.2, 0.25) is 0 Å². The van der Waals surface area contributed by atoms with Crippen LogP contribution < -0.4 is 10.2 Å². The Morgan fingerprint density at radius 3 is 2.32 bits per heavy atom. The number of benzene rings is 1. The number of carboxylic acids is 1. The minimum atomic E-state index is -4.87. The first-order valence-electron chi connectivity index (χ1n) is 9.08. The molecule has 0 spiro atoms. The molecule has 1 aromatic rings. The maximum absolute atomic E-state index is 12.6. The summed E-state index contributed by atoms with van der Waals surface area (Å²) in [5.41, 5.74) is 1.32. The monoisotopic (exact) mass is 401 g/mol. The zero-order valence-electron chi connectivity index (χ0n) is 15.2. The minimum Gasteiger partial charge on any atom is -0.478 e. The van der Waals surface area contributed by atoms with Crippen molar-refractivity contribution in [3.8, 4) is 0 Å². The van der Waals surface area contributed by atoms with E-state index in [-0.39, 0.29) is 37.8 Å². The summed E-state index contributed by atoms with van der Waals surface area (Å²) in [4.78, 5) is 25.5. The first-order chi connectivity index (χ1) is 13.3. The second kappa shape index (κ2) is 8.26. The van der Waals surface area contributed by atoms with E-state index in [1.807, 2.05) is 4.90 Å². The van der Waals surface area contributed by atoms with Crippen molar-refractivity contribution in [2.75, 3.05) is 49.6 Å². The first kappa shape index (κ1) is 20.2. The zero-order valence-corrected chi connectivity index (χ0v) is 15.2. The number of carbonyl (C=O) groups is 2. The van der Waals surface area contributed by atoms with E-state index in [1.54, 1.807) is 12.1 Å². The van der Waals surface area contributed by atoms with Gasteiger partial charge in [-0.3, -0.25) is 4.79 Å². The number of hydrogen-bond donors (Lipinski definition) is 2. The Labute approximate surface area is 160 Å². The average molecular weight is 401 g/mol. The van der Waals surface area contributed by atoms with Gasteiger partial charge in [0, 0.05) is 51.1 Å². The van der Waals surface area contributed by atoms with Crippen molar-refractivity contribution < 1.29 is 32.6 Å². The van der Waals surface area contributed by atoms with Crippen molar-refractivity contribution in [2.24, 2.45) is 0 Å². The molecule has 28 heavy (non-hydrogen) atoms. The Morgan fingerprint density at radius 2 is 1.75 bits per heavy atom. The average Bonchev–Trinajstić information content (AvgIpc) is 2.67. The number of amides is 1. The summed E-state index contributed by atoms with van der Waals surface area (Å²) in [5.74, 6) is -2.88. The van der Waals surface area contributed by atoms with Crippen molar-refractivity contribution in [3.05, 3.63) is 23.8 Å². The summed E-state index contributed by atoms with van der Waals surface area (Å²) >= 11 is 0. The number of carbonyl (C=O) groups excluding carboxylic acids is 1. The second-order valence-electron chi connectivity index (χ2n) is 6.84. The standard InChI is InChI=1S/C18H22F3N3O4/c19-18(20,21)17(27)24-7-5-23(6-8-24)13-1-2-14(16(25)26)15(11-13)22-12-3-9-28-10-4-12/h1-2,11-12,22H,3-10H2,(H,25,26). The van der Waals surface area contributed by atoms with Gasteiger partial charge in [-0.05, 0) is 31.0 Å². The molecule has 10 heteroatoms. The highest BCUT2D eigenvalue weighted by Crippen LogP contribution is 2.28. The van der Waals surface area contributed by atoms with Crippen molar-refractivity contribution >= 4 is 23.3 Å². The molecule has 0 unspecified atom stereocenters. The number of carboxylic acid groups (broad SMARTS) is 1. The summed E-state index contributed by atoms with van der Waals surface area (Å²) < 4.78 is 43.0. The lowest BCUT2D eigenvalue weighted by Gasteiger charge is -2.36. The number of nitrogens with one attached hydrogen (secondary N) is 1. The topological polar surface area (TPSA) is 82.1 Å². The quantitative estimate of drug-likeness (QED) is 0.805. The minimum absolute atomic E-state index is 0.0399. The number of nitrogens with zero attached hydrogens (tertiary/aromatic N) is 2. The van der Waals surface area contributed by atoms with Crippen LogP contribution in [0.2, 0.25) is 0 Å². The molecule has 3 rings (SSSR count). The summed E-state index contributed by atoms with van der Waals surface area (Å²) in [6, 6.07) is 4.94. The van der Waals surface area contributed by atoms with Gasteiger partial charge in [0.05, 0.1) is 11.3 Å². The predicted molar refractivity (Wildman–Crippen MR) is 95.7 cm³/mol. The second-order valence-corrected chi connectivity index (χ2v) is 6.84. The molecule has 154 valence electrons. The van der Waals surface area contributed by atoms with Crippen LogP contribution in [0.5, 0.6) is 0 Å². The van der Waals surface area contributed by atoms with Gasteiger partial charge in [0.1, 0.15) is 0 Å². The number of anilines is 2. The van der Waals surface area contributed by atoms with Gasteiger partial charge >= 0.3 is 18.1 Å². The lowest BCUT2D eigenvalue weighted by molar-refractivity contribution is -0.185. The third-order valence-electron chi connectivity index (χ3n) is 4.99.